The molecule has 0 amide bonds. The molecule has 2 aromatic rings. The lowest BCUT2D eigenvalue weighted by molar-refractivity contribution is 0.0750. The van der Waals surface area contributed by atoms with Crippen LogP contribution in [-0.2, 0) is 0 Å². The number of piperidine rings is 1. The molecule has 2 N–H and O–H groups in total. The number of alkyl halides is 2. The third kappa shape index (κ3) is 2.94. The van der Waals surface area contributed by atoms with E-state index >= 15 is 0 Å². The van der Waals surface area contributed by atoms with Crippen molar-refractivity contribution in [1.82, 2.24) is 19.5 Å². The van der Waals surface area contributed by atoms with Crippen molar-refractivity contribution in [3.05, 3.63) is 22.5 Å². The summed E-state index contributed by atoms with van der Waals surface area (Å²) in [6, 6.07) is 2.12. The van der Waals surface area contributed by atoms with Crippen molar-refractivity contribution in [3.8, 4) is 6.07 Å². The van der Waals surface area contributed by atoms with Crippen LogP contribution >= 0.6 is 11.6 Å². The molecule has 9 heteroatoms. The molecule has 1 fully saturated rings. The van der Waals surface area contributed by atoms with Gasteiger partial charge in [-0.3, -0.25) is 4.90 Å². The lowest BCUT2D eigenvalue weighted by Gasteiger charge is -2.31. The van der Waals surface area contributed by atoms with Crippen LogP contribution < -0.4 is 5.73 Å². The van der Waals surface area contributed by atoms with Crippen LogP contribution in [-0.4, -0.2) is 45.6 Å². The third-order valence-electron chi connectivity index (χ3n) is 4.16. The highest BCUT2D eigenvalue weighted by atomic mass is 35.5. The van der Waals surface area contributed by atoms with Gasteiger partial charge in [-0.05, 0) is 25.9 Å². The van der Waals surface area contributed by atoms with Gasteiger partial charge in [0.2, 0.25) is 5.95 Å². The molecule has 0 radical (unpaired) electrons. The van der Waals surface area contributed by atoms with Crippen LogP contribution in [0.25, 0.3) is 5.52 Å². The van der Waals surface area contributed by atoms with E-state index in [1.165, 1.54) is 6.20 Å². The Morgan fingerprint density at radius 2 is 2.13 bits per heavy atom. The van der Waals surface area contributed by atoms with Crippen LogP contribution in [0.15, 0.2) is 6.20 Å². The lowest BCUT2D eigenvalue weighted by Crippen LogP contribution is -2.36. The summed E-state index contributed by atoms with van der Waals surface area (Å²) >= 11 is 6.26. The molecule has 0 aliphatic carbocycles. The lowest BCUT2D eigenvalue weighted by atomic mass is 9.91. The molecule has 3 rings (SSSR count). The van der Waals surface area contributed by atoms with Gasteiger partial charge in [0, 0.05) is 5.92 Å². The fourth-order valence-electron chi connectivity index (χ4n) is 3.11. The number of rotatable bonds is 3. The van der Waals surface area contributed by atoms with E-state index in [-0.39, 0.29) is 18.4 Å². The normalized spacial score (nSPS) is 17.0. The maximum atomic E-state index is 12.5. The molecule has 0 saturated carbocycles. The average Bonchev–Trinajstić information content (AvgIpc) is 2.79. The number of halogens is 3. The molecule has 1 aliphatic rings. The fourth-order valence-corrected chi connectivity index (χ4v) is 3.38. The Labute approximate surface area is 136 Å². The zero-order valence-corrected chi connectivity index (χ0v) is 13.0. The molecule has 0 unspecified atom stereocenters. The molecule has 6 nitrogen and oxygen atoms in total. The van der Waals surface area contributed by atoms with Crippen LogP contribution in [0, 0.1) is 11.3 Å². The zero-order valence-electron chi connectivity index (χ0n) is 12.2. The Morgan fingerprint density at radius 3 is 2.74 bits per heavy atom. The van der Waals surface area contributed by atoms with Gasteiger partial charge in [0.15, 0.2) is 0 Å². The molecule has 2 aromatic heterocycles. The Morgan fingerprint density at radius 1 is 1.43 bits per heavy atom. The maximum absolute atomic E-state index is 12.5. The highest BCUT2D eigenvalue weighted by molar-refractivity contribution is 6.35. The molecule has 0 aromatic carbocycles. The van der Waals surface area contributed by atoms with Gasteiger partial charge < -0.3 is 5.73 Å². The summed E-state index contributed by atoms with van der Waals surface area (Å²) < 4.78 is 26.5. The van der Waals surface area contributed by atoms with Crippen molar-refractivity contribution >= 4 is 23.1 Å². The van der Waals surface area contributed by atoms with Crippen molar-refractivity contribution in [2.75, 3.05) is 25.4 Å². The first-order chi connectivity index (χ1) is 11.0. The third-order valence-corrected chi connectivity index (χ3v) is 4.54. The van der Waals surface area contributed by atoms with Crippen LogP contribution in [0.5, 0.6) is 0 Å². The standard InChI is InChI=1S/C14H15ClF2N6/c15-12-9(5-18)13(23-10(12)6-20-14(19)21-23)8-1-3-22(4-2-8)7-11(16)17/h6,8,11H,1-4,7H2,(H2,19,21). The molecule has 0 spiro atoms. The Kier molecular flexibility index (Phi) is 4.33. The smallest absolute Gasteiger partial charge is 0.251 e. The number of aromatic nitrogens is 3. The number of fused-ring (bicyclic) bond motifs is 1. The number of nitrogens with zero attached hydrogens (tertiary/aromatic N) is 5. The number of likely N-dealkylation sites (tertiary alicyclic amines) is 1. The molecule has 3 heterocycles. The van der Waals surface area contributed by atoms with Crippen LogP contribution in [0.2, 0.25) is 5.02 Å². The van der Waals surface area contributed by atoms with E-state index in [0.717, 1.165) is 0 Å². The van der Waals surface area contributed by atoms with Gasteiger partial charge in [0.05, 0.1) is 29.0 Å². The summed E-state index contributed by atoms with van der Waals surface area (Å²) in [4.78, 5) is 5.64. The molecule has 1 aliphatic heterocycles. The minimum absolute atomic E-state index is 0.0212. The van der Waals surface area contributed by atoms with Gasteiger partial charge in [0.25, 0.3) is 6.43 Å². The van der Waals surface area contributed by atoms with Crippen LogP contribution in [0.3, 0.4) is 0 Å². The monoisotopic (exact) mass is 340 g/mol. The van der Waals surface area contributed by atoms with Gasteiger partial charge in [0.1, 0.15) is 11.6 Å². The molecule has 122 valence electrons. The van der Waals surface area contributed by atoms with Gasteiger partial charge in [-0.2, -0.15) is 5.26 Å². The summed E-state index contributed by atoms with van der Waals surface area (Å²) in [6.07, 6.45) is 0.472. The number of nitrogen functional groups attached to an aromatic ring is 1. The Balaban J connectivity index is 1.94. The van der Waals surface area contributed by atoms with Crippen molar-refractivity contribution < 1.29 is 8.78 Å². The van der Waals surface area contributed by atoms with Crippen molar-refractivity contribution in [3.63, 3.8) is 0 Å². The SMILES string of the molecule is N#Cc1c(Cl)c2cnc(N)nn2c1C1CCN(CC(F)F)CC1. The summed E-state index contributed by atoms with van der Waals surface area (Å²) in [5.74, 6) is 0.109. The van der Waals surface area contributed by atoms with Gasteiger partial charge in [-0.25, -0.2) is 18.3 Å². The van der Waals surface area contributed by atoms with E-state index in [1.54, 1.807) is 9.42 Å². The first kappa shape index (κ1) is 15.9. The van der Waals surface area contributed by atoms with E-state index in [1.807, 2.05) is 0 Å². The molecular weight excluding hydrogens is 326 g/mol. The molecular formula is C14H15ClF2N6. The predicted octanol–water partition coefficient (Wildman–Crippen LogP) is 2.28. The van der Waals surface area contributed by atoms with E-state index in [2.05, 4.69) is 16.2 Å². The number of anilines is 1. The fraction of sp³-hybridized carbons (Fsp3) is 0.500. The van der Waals surface area contributed by atoms with E-state index < -0.39 is 6.43 Å². The van der Waals surface area contributed by atoms with Gasteiger partial charge >= 0.3 is 0 Å². The first-order valence-electron chi connectivity index (χ1n) is 7.24. The highest BCUT2D eigenvalue weighted by Gasteiger charge is 2.29. The van der Waals surface area contributed by atoms with Crippen molar-refractivity contribution in [2.24, 2.45) is 0 Å². The Bertz CT molecular complexity index is 761. The average molecular weight is 341 g/mol. The van der Waals surface area contributed by atoms with E-state index in [0.29, 0.717) is 47.7 Å². The molecule has 23 heavy (non-hydrogen) atoms. The number of hydrogen-bond donors (Lipinski definition) is 1. The number of hydrogen-bond acceptors (Lipinski definition) is 5. The largest absolute Gasteiger partial charge is 0.367 e. The first-order valence-corrected chi connectivity index (χ1v) is 7.62. The number of nitriles is 1. The molecule has 1 saturated heterocycles. The Hall–Kier alpha value is -1.98. The number of nitrogens with two attached hydrogens (primary N) is 1. The minimum Gasteiger partial charge on any atom is -0.367 e. The minimum atomic E-state index is -2.34. The van der Waals surface area contributed by atoms with Gasteiger partial charge in [-0.1, -0.05) is 11.6 Å². The quantitative estimate of drug-likeness (QED) is 0.926. The maximum Gasteiger partial charge on any atom is 0.251 e. The van der Waals surface area contributed by atoms with Gasteiger partial charge in [-0.15, -0.1) is 5.10 Å². The van der Waals surface area contributed by atoms with Crippen LogP contribution in [0.4, 0.5) is 14.7 Å². The second kappa shape index (κ2) is 6.26. The molecule has 0 bridgehead atoms. The summed E-state index contributed by atoms with van der Waals surface area (Å²) in [7, 11) is 0. The van der Waals surface area contributed by atoms with Crippen molar-refractivity contribution in [1.29, 1.82) is 5.26 Å². The van der Waals surface area contributed by atoms with E-state index in [9.17, 15) is 14.0 Å². The summed E-state index contributed by atoms with van der Waals surface area (Å²) in [5.41, 5.74) is 7.22. The second-order valence-electron chi connectivity index (χ2n) is 5.57. The summed E-state index contributed by atoms with van der Waals surface area (Å²) in [5, 5.41) is 13.9. The topological polar surface area (TPSA) is 83.2 Å². The van der Waals surface area contributed by atoms with Crippen LogP contribution in [0.1, 0.15) is 30.0 Å². The summed E-state index contributed by atoms with van der Waals surface area (Å²) in [6.45, 7) is 0.874. The van der Waals surface area contributed by atoms with Crippen molar-refractivity contribution in [2.45, 2.75) is 25.2 Å². The predicted molar refractivity (Wildman–Crippen MR) is 81.5 cm³/mol. The second-order valence-corrected chi connectivity index (χ2v) is 5.94. The highest BCUT2D eigenvalue weighted by Crippen LogP contribution is 2.36. The molecule has 0 atom stereocenters. The van der Waals surface area contributed by atoms with E-state index in [4.69, 9.17) is 17.3 Å². The zero-order chi connectivity index (χ0) is 16.6.